The van der Waals surface area contributed by atoms with Crippen LogP contribution in [0.15, 0.2) is 52.5 Å². The third-order valence-corrected chi connectivity index (χ3v) is 7.64. The number of aliphatic hydroxyl groups is 1. The summed E-state index contributed by atoms with van der Waals surface area (Å²) in [5.41, 5.74) is 1.57. The van der Waals surface area contributed by atoms with Crippen molar-refractivity contribution in [1.29, 1.82) is 0 Å². The van der Waals surface area contributed by atoms with Gasteiger partial charge in [0.15, 0.2) is 5.03 Å². The molecule has 30 heavy (non-hydrogen) atoms. The molecule has 7 nitrogen and oxygen atoms in total. The second kappa shape index (κ2) is 7.21. The zero-order chi connectivity index (χ0) is 20.9. The molecule has 0 radical (unpaired) electrons. The molecule has 1 fully saturated rings. The minimum Gasteiger partial charge on any atom is -0.385 e. The predicted octanol–water partition coefficient (Wildman–Crippen LogP) is 4.30. The zero-order valence-corrected chi connectivity index (χ0v) is 17.6. The van der Waals surface area contributed by atoms with Crippen LogP contribution < -0.4 is 0 Å². The Kier molecular flexibility index (Phi) is 4.63. The Morgan fingerprint density at radius 3 is 2.53 bits per heavy atom. The maximum atomic E-state index is 13.5. The van der Waals surface area contributed by atoms with E-state index in [2.05, 4.69) is 19.5 Å². The van der Waals surface area contributed by atoms with Crippen LogP contribution in [0.25, 0.3) is 22.1 Å². The SMILES string of the molecule is CC(O)c1nc2c(S(=O)(=O)c3ccccc3)nc3[nH]ccc3c2n1C1CCCCC1. The first-order valence-corrected chi connectivity index (χ1v) is 11.8. The van der Waals surface area contributed by atoms with E-state index in [-0.39, 0.29) is 16.0 Å². The summed E-state index contributed by atoms with van der Waals surface area (Å²) in [6, 6.07) is 10.4. The van der Waals surface area contributed by atoms with Crippen molar-refractivity contribution in [3.63, 3.8) is 0 Å². The molecule has 3 heterocycles. The molecule has 5 rings (SSSR count). The smallest absolute Gasteiger partial charge is 0.226 e. The largest absolute Gasteiger partial charge is 0.385 e. The van der Waals surface area contributed by atoms with Gasteiger partial charge in [0.1, 0.15) is 23.1 Å². The van der Waals surface area contributed by atoms with E-state index < -0.39 is 15.9 Å². The number of nitrogens with zero attached hydrogens (tertiary/aromatic N) is 3. The van der Waals surface area contributed by atoms with Gasteiger partial charge in [-0.1, -0.05) is 37.5 Å². The summed E-state index contributed by atoms with van der Waals surface area (Å²) in [5.74, 6) is 0.497. The van der Waals surface area contributed by atoms with Crippen molar-refractivity contribution in [2.24, 2.45) is 0 Å². The second-order valence-electron chi connectivity index (χ2n) is 7.98. The highest BCUT2D eigenvalue weighted by molar-refractivity contribution is 7.91. The Hall–Kier alpha value is -2.71. The number of nitrogens with one attached hydrogen (secondary N) is 1. The highest BCUT2D eigenvalue weighted by Crippen LogP contribution is 2.39. The van der Waals surface area contributed by atoms with E-state index in [1.807, 2.05) is 6.07 Å². The van der Waals surface area contributed by atoms with Crippen molar-refractivity contribution in [2.75, 3.05) is 0 Å². The maximum Gasteiger partial charge on any atom is 0.226 e. The fourth-order valence-electron chi connectivity index (χ4n) is 4.56. The van der Waals surface area contributed by atoms with Crippen LogP contribution in [-0.4, -0.2) is 33.0 Å². The number of aliphatic hydroxyl groups excluding tert-OH is 1. The molecule has 0 amide bonds. The van der Waals surface area contributed by atoms with Gasteiger partial charge in [-0.15, -0.1) is 0 Å². The molecule has 0 aliphatic heterocycles. The number of sulfone groups is 1. The average molecular weight is 425 g/mol. The lowest BCUT2D eigenvalue weighted by Gasteiger charge is -2.26. The van der Waals surface area contributed by atoms with Gasteiger partial charge < -0.3 is 14.7 Å². The summed E-state index contributed by atoms with van der Waals surface area (Å²) in [6.45, 7) is 1.67. The molecular weight excluding hydrogens is 400 g/mol. The van der Waals surface area contributed by atoms with E-state index in [1.54, 1.807) is 43.5 Å². The van der Waals surface area contributed by atoms with E-state index in [9.17, 15) is 13.5 Å². The molecule has 1 unspecified atom stereocenters. The molecule has 156 valence electrons. The number of H-pyrrole nitrogens is 1. The summed E-state index contributed by atoms with van der Waals surface area (Å²) >= 11 is 0. The number of pyridine rings is 1. The van der Waals surface area contributed by atoms with Gasteiger partial charge in [-0.05, 0) is 38.0 Å². The zero-order valence-electron chi connectivity index (χ0n) is 16.7. The Bertz CT molecular complexity index is 1320. The number of aromatic nitrogens is 4. The fourth-order valence-corrected chi connectivity index (χ4v) is 5.90. The van der Waals surface area contributed by atoms with Gasteiger partial charge in [-0.25, -0.2) is 18.4 Å². The van der Waals surface area contributed by atoms with Crippen LogP contribution in [0.1, 0.15) is 57.0 Å². The molecule has 2 N–H and O–H groups in total. The molecule has 3 aromatic heterocycles. The topological polar surface area (TPSA) is 101 Å². The first-order chi connectivity index (χ1) is 14.5. The summed E-state index contributed by atoms with van der Waals surface area (Å²) in [4.78, 5) is 12.4. The van der Waals surface area contributed by atoms with Crippen LogP contribution in [0, 0.1) is 0 Å². The first kappa shape index (κ1) is 19.3. The van der Waals surface area contributed by atoms with Gasteiger partial charge in [0.25, 0.3) is 0 Å². The Morgan fingerprint density at radius 1 is 1.10 bits per heavy atom. The highest BCUT2D eigenvalue weighted by atomic mass is 32.2. The molecular formula is C22H24N4O3S. The maximum absolute atomic E-state index is 13.5. The van der Waals surface area contributed by atoms with Gasteiger partial charge in [0.05, 0.1) is 10.4 Å². The lowest BCUT2D eigenvalue weighted by atomic mass is 9.95. The minimum absolute atomic E-state index is 0.0740. The number of hydrogen-bond acceptors (Lipinski definition) is 5. The van der Waals surface area contributed by atoms with Crippen LogP contribution >= 0.6 is 0 Å². The number of fused-ring (bicyclic) bond motifs is 3. The fraction of sp³-hybridized carbons (Fsp3) is 0.364. The highest BCUT2D eigenvalue weighted by Gasteiger charge is 2.31. The molecule has 8 heteroatoms. The van der Waals surface area contributed by atoms with Gasteiger partial charge >= 0.3 is 0 Å². The van der Waals surface area contributed by atoms with Crippen molar-refractivity contribution in [1.82, 2.24) is 19.5 Å². The Morgan fingerprint density at radius 2 is 1.83 bits per heavy atom. The Labute approximate surface area is 174 Å². The van der Waals surface area contributed by atoms with Crippen molar-refractivity contribution in [2.45, 2.75) is 61.1 Å². The normalized spacial score (nSPS) is 17.0. The van der Waals surface area contributed by atoms with E-state index in [4.69, 9.17) is 0 Å². The van der Waals surface area contributed by atoms with Gasteiger partial charge in [0.2, 0.25) is 9.84 Å². The van der Waals surface area contributed by atoms with Crippen molar-refractivity contribution >= 4 is 31.9 Å². The summed E-state index contributed by atoms with van der Waals surface area (Å²) < 4.78 is 29.1. The summed E-state index contributed by atoms with van der Waals surface area (Å²) in [7, 11) is -3.88. The molecule has 0 saturated heterocycles. The van der Waals surface area contributed by atoms with E-state index in [0.717, 1.165) is 36.6 Å². The quantitative estimate of drug-likeness (QED) is 0.509. The van der Waals surface area contributed by atoms with Gasteiger partial charge in [-0.2, -0.15) is 0 Å². The predicted molar refractivity (Wildman–Crippen MR) is 114 cm³/mol. The summed E-state index contributed by atoms with van der Waals surface area (Å²) in [5, 5.41) is 11.3. The number of benzene rings is 1. The lowest BCUT2D eigenvalue weighted by molar-refractivity contribution is 0.178. The molecule has 1 saturated carbocycles. The molecule has 0 bridgehead atoms. The number of imidazole rings is 1. The van der Waals surface area contributed by atoms with Crippen molar-refractivity contribution in [3.05, 3.63) is 48.4 Å². The third-order valence-electron chi connectivity index (χ3n) is 5.96. The van der Waals surface area contributed by atoms with Crippen molar-refractivity contribution < 1.29 is 13.5 Å². The van der Waals surface area contributed by atoms with E-state index in [0.29, 0.717) is 17.0 Å². The minimum atomic E-state index is -3.88. The second-order valence-corrected chi connectivity index (χ2v) is 9.84. The first-order valence-electron chi connectivity index (χ1n) is 10.4. The van der Waals surface area contributed by atoms with Crippen LogP contribution in [-0.2, 0) is 9.84 Å². The van der Waals surface area contributed by atoms with Crippen molar-refractivity contribution in [3.8, 4) is 0 Å². The molecule has 1 aromatic carbocycles. The molecule has 1 atom stereocenters. The summed E-state index contributed by atoms with van der Waals surface area (Å²) in [6.07, 6.45) is 6.33. The van der Waals surface area contributed by atoms with Gasteiger partial charge in [-0.3, -0.25) is 0 Å². The standard InChI is InChI=1S/C22H24N4O3S/c1-14(27)21-24-18-19(26(21)15-8-4-2-5-9-15)17-12-13-23-20(17)25-22(18)30(28,29)16-10-6-3-7-11-16/h3,6-7,10-15,27H,2,4-5,8-9H2,1H3,(H,23,25). The van der Waals surface area contributed by atoms with Gasteiger partial charge in [0, 0.05) is 17.6 Å². The molecule has 1 aliphatic rings. The van der Waals surface area contributed by atoms with E-state index in [1.165, 1.54) is 6.42 Å². The Balaban J connectivity index is 1.87. The van der Waals surface area contributed by atoms with Crippen LogP contribution in [0.2, 0.25) is 0 Å². The average Bonchev–Trinajstić information content (AvgIpc) is 3.38. The number of aromatic amines is 1. The van der Waals surface area contributed by atoms with Crippen LogP contribution in [0.4, 0.5) is 0 Å². The lowest BCUT2D eigenvalue weighted by Crippen LogP contribution is -2.17. The van der Waals surface area contributed by atoms with Crippen LogP contribution in [0.3, 0.4) is 0 Å². The molecule has 1 aliphatic carbocycles. The number of rotatable bonds is 4. The molecule has 4 aromatic rings. The molecule has 0 spiro atoms. The number of hydrogen-bond donors (Lipinski definition) is 2. The van der Waals surface area contributed by atoms with Crippen LogP contribution in [0.5, 0.6) is 0 Å². The third kappa shape index (κ3) is 2.94. The monoisotopic (exact) mass is 424 g/mol. The van der Waals surface area contributed by atoms with E-state index >= 15 is 0 Å².